The van der Waals surface area contributed by atoms with Crippen LogP contribution in [-0.4, -0.2) is 27.5 Å². The number of carbonyl (C=O) groups is 1. The zero-order valence-corrected chi connectivity index (χ0v) is 19.6. The molecule has 1 heterocycles. The molecule has 0 radical (unpaired) electrons. The number of H-pyrrole nitrogens is 1. The van der Waals surface area contributed by atoms with Gasteiger partial charge < -0.3 is 4.74 Å². The van der Waals surface area contributed by atoms with Crippen LogP contribution in [0.1, 0.15) is 43.9 Å². The SMILES string of the molecule is CCOC(=O)CCc1ccc(Cl)c(-c2nc(-c3ccc(CC(C)C)cc3)nc(=O)[nH]2)c1C. The lowest BCUT2D eigenvalue weighted by Gasteiger charge is -2.13. The highest BCUT2D eigenvalue weighted by molar-refractivity contribution is 6.33. The van der Waals surface area contributed by atoms with Gasteiger partial charge >= 0.3 is 11.7 Å². The minimum Gasteiger partial charge on any atom is -0.466 e. The van der Waals surface area contributed by atoms with Crippen molar-refractivity contribution in [1.82, 2.24) is 15.0 Å². The lowest BCUT2D eigenvalue weighted by atomic mass is 9.98. The summed E-state index contributed by atoms with van der Waals surface area (Å²) in [5, 5.41) is 0.468. The third kappa shape index (κ3) is 5.82. The number of aromatic nitrogens is 3. The number of nitrogens with zero attached hydrogens (tertiary/aromatic N) is 2. The molecule has 0 saturated carbocycles. The van der Waals surface area contributed by atoms with Crippen LogP contribution in [0.25, 0.3) is 22.8 Å². The van der Waals surface area contributed by atoms with E-state index in [1.54, 1.807) is 13.0 Å². The van der Waals surface area contributed by atoms with Gasteiger partial charge in [0.2, 0.25) is 0 Å². The van der Waals surface area contributed by atoms with Crippen LogP contribution in [0.5, 0.6) is 0 Å². The molecular formula is C25H28ClN3O3. The zero-order chi connectivity index (χ0) is 23.3. The van der Waals surface area contributed by atoms with Gasteiger partial charge in [-0.05, 0) is 55.4 Å². The molecule has 0 unspecified atom stereocenters. The molecule has 0 aliphatic heterocycles. The number of halogens is 1. The highest BCUT2D eigenvalue weighted by atomic mass is 35.5. The second kappa shape index (κ2) is 10.6. The smallest absolute Gasteiger partial charge is 0.348 e. The molecule has 0 bridgehead atoms. The minimum absolute atomic E-state index is 0.248. The van der Waals surface area contributed by atoms with Crippen LogP contribution >= 0.6 is 11.6 Å². The van der Waals surface area contributed by atoms with Crippen molar-refractivity contribution < 1.29 is 9.53 Å². The molecule has 0 amide bonds. The number of nitrogens with one attached hydrogen (secondary N) is 1. The first-order valence-corrected chi connectivity index (χ1v) is 11.2. The van der Waals surface area contributed by atoms with Crippen molar-refractivity contribution in [3.05, 3.63) is 68.6 Å². The van der Waals surface area contributed by atoms with Crippen LogP contribution in [0, 0.1) is 12.8 Å². The Balaban J connectivity index is 1.96. The topological polar surface area (TPSA) is 84.9 Å². The maximum Gasteiger partial charge on any atom is 0.348 e. The molecule has 32 heavy (non-hydrogen) atoms. The van der Waals surface area contributed by atoms with Gasteiger partial charge in [-0.25, -0.2) is 9.78 Å². The van der Waals surface area contributed by atoms with E-state index >= 15 is 0 Å². The number of hydrogen-bond acceptors (Lipinski definition) is 5. The number of aryl methyl sites for hydroxylation is 1. The van der Waals surface area contributed by atoms with Crippen LogP contribution < -0.4 is 5.69 Å². The number of esters is 1. The predicted molar refractivity (Wildman–Crippen MR) is 127 cm³/mol. The standard InChI is InChI=1S/C25H28ClN3O3/c1-5-32-21(30)13-11-18-10-12-20(26)22(16(18)4)24-27-23(28-25(31)29-24)19-8-6-17(7-9-19)14-15(2)3/h6-10,12,15H,5,11,13-14H2,1-4H3,(H,27,28,29,31). The molecule has 0 aliphatic carbocycles. The van der Waals surface area contributed by atoms with Crippen molar-refractivity contribution in [1.29, 1.82) is 0 Å². The van der Waals surface area contributed by atoms with Gasteiger partial charge in [0, 0.05) is 17.5 Å². The molecule has 6 nitrogen and oxygen atoms in total. The Kier molecular flexibility index (Phi) is 7.80. The van der Waals surface area contributed by atoms with Gasteiger partial charge in [-0.15, -0.1) is 0 Å². The summed E-state index contributed by atoms with van der Waals surface area (Å²) in [6.45, 7) is 8.39. The van der Waals surface area contributed by atoms with Gasteiger partial charge in [-0.2, -0.15) is 4.98 Å². The van der Waals surface area contributed by atoms with E-state index in [1.807, 2.05) is 37.3 Å². The Bertz CT molecular complexity index is 1150. The first-order valence-electron chi connectivity index (χ1n) is 10.8. The van der Waals surface area contributed by atoms with Crippen molar-refractivity contribution in [3.8, 4) is 22.8 Å². The monoisotopic (exact) mass is 453 g/mol. The molecule has 3 rings (SSSR count). The second-order valence-electron chi connectivity index (χ2n) is 8.13. The molecule has 168 valence electrons. The van der Waals surface area contributed by atoms with E-state index in [-0.39, 0.29) is 12.4 Å². The van der Waals surface area contributed by atoms with Crippen molar-refractivity contribution in [2.24, 2.45) is 5.92 Å². The second-order valence-corrected chi connectivity index (χ2v) is 8.54. The maximum absolute atomic E-state index is 12.4. The Labute approximate surface area is 193 Å². The summed E-state index contributed by atoms with van der Waals surface area (Å²) in [4.78, 5) is 35.5. The predicted octanol–water partition coefficient (Wildman–Crippen LogP) is 5.15. The van der Waals surface area contributed by atoms with Gasteiger partial charge in [-0.3, -0.25) is 9.78 Å². The maximum atomic E-state index is 12.4. The van der Waals surface area contributed by atoms with E-state index in [9.17, 15) is 9.59 Å². The summed E-state index contributed by atoms with van der Waals surface area (Å²) in [7, 11) is 0. The molecular weight excluding hydrogens is 426 g/mol. The largest absolute Gasteiger partial charge is 0.466 e. The molecule has 0 saturated heterocycles. The Morgan fingerprint density at radius 2 is 1.84 bits per heavy atom. The van der Waals surface area contributed by atoms with E-state index in [1.165, 1.54) is 5.56 Å². The molecule has 1 aromatic heterocycles. The highest BCUT2D eigenvalue weighted by Gasteiger charge is 2.16. The summed E-state index contributed by atoms with van der Waals surface area (Å²) >= 11 is 6.49. The third-order valence-electron chi connectivity index (χ3n) is 5.17. The van der Waals surface area contributed by atoms with Gasteiger partial charge in [0.1, 0.15) is 5.82 Å². The molecule has 0 atom stereocenters. The van der Waals surface area contributed by atoms with Crippen LogP contribution in [0.3, 0.4) is 0 Å². The third-order valence-corrected chi connectivity index (χ3v) is 5.49. The Morgan fingerprint density at radius 1 is 1.12 bits per heavy atom. The molecule has 7 heteroatoms. The van der Waals surface area contributed by atoms with Gasteiger partial charge in [-0.1, -0.05) is 55.8 Å². The summed E-state index contributed by atoms with van der Waals surface area (Å²) in [6.07, 6.45) is 1.76. The molecule has 0 fully saturated rings. The van der Waals surface area contributed by atoms with Crippen molar-refractivity contribution >= 4 is 17.6 Å². The number of aromatic amines is 1. The summed E-state index contributed by atoms with van der Waals surface area (Å²) in [5.74, 6) is 1.01. The molecule has 0 aliphatic rings. The van der Waals surface area contributed by atoms with Gasteiger partial charge in [0.15, 0.2) is 5.82 Å². The van der Waals surface area contributed by atoms with E-state index in [4.69, 9.17) is 16.3 Å². The lowest BCUT2D eigenvalue weighted by molar-refractivity contribution is -0.143. The Hall–Kier alpha value is -2.99. The summed E-state index contributed by atoms with van der Waals surface area (Å²) in [6, 6.07) is 11.6. The molecule has 2 aromatic carbocycles. The zero-order valence-electron chi connectivity index (χ0n) is 18.9. The minimum atomic E-state index is -0.497. The number of hydrogen-bond donors (Lipinski definition) is 1. The van der Waals surface area contributed by atoms with Crippen LogP contribution in [0.2, 0.25) is 5.02 Å². The number of rotatable bonds is 8. The first kappa shape index (κ1) is 23.7. The van der Waals surface area contributed by atoms with Crippen molar-refractivity contribution in [2.45, 2.75) is 47.0 Å². The number of ether oxygens (including phenoxy) is 1. The van der Waals surface area contributed by atoms with E-state index in [0.717, 1.165) is 23.1 Å². The average Bonchev–Trinajstić information content (AvgIpc) is 2.73. The molecule has 3 aromatic rings. The van der Waals surface area contributed by atoms with Crippen LogP contribution in [0.4, 0.5) is 0 Å². The van der Waals surface area contributed by atoms with Gasteiger partial charge in [0.05, 0.1) is 11.6 Å². The molecule has 0 spiro atoms. The number of benzene rings is 2. The van der Waals surface area contributed by atoms with Crippen molar-refractivity contribution in [2.75, 3.05) is 6.61 Å². The average molecular weight is 454 g/mol. The highest BCUT2D eigenvalue weighted by Crippen LogP contribution is 2.32. The fraction of sp³-hybridized carbons (Fsp3) is 0.360. The van der Waals surface area contributed by atoms with Gasteiger partial charge in [0.25, 0.3) is 0 Å². The quantitative estimate of drug-likeness (QED) is 0.476. The molecule has 1 N–H and O–H groups in total. The normalized spacial score (nSPS) is 11.1. The number of carbonyl (C=O) groups excluding carboxylic acids is 1. The van der Waals surface area contributed by atoms with Crippen molar-refractivity contribution in [3.63, 3.8) is 0 Å². The van der Waals surface area contributed by atoms with Crippen LogP contribution in [-0.2, 0) is 22.4 Å². The van der Waals surface area contributed by atoms with E-state index in [2.05, 4.69) is 28.8 Å². The van der Waals surface area contributed by atoms with E-state index in [0.29, 0.717) is 41.2 Å². The Morgan fingerprint density at radius 3 is 2.50 bits per heavy atom. The lowest BCUT2D eigenvalue weighted by Crippen LogP contribution is -2.15. The first-order chi connectivity index (χ1) is 15.3. The summed E-state index contributed by atoms with van der Waals surface area (Å²) in [5.41, 5.74) is 3.92. The fourth-order valence-electron chi connectivity index (χ4n) is 3.65. The summed E-state index contributed by atoms with van der Waals surface area (Å²) < 4.78 is 5.02. The van der Waals surface area contributed by atoms with E-state index < -0.39 is 5.69 Å². The fourth-order valence-corrected chi connectivity index (χ4v) is 3.94. The van der Waals surface area contributed by atoms with Crippen LogP contribution in [0.15, 0.2) is 41.2 Å².